The molecule has 2 heterocycles. The highest BCUT2D eigenvalue weighted by Gasteiger charge is 2.22. The van der Waals surface area contributed by atoms with Crippen molar-refractivity contribution < 1.29 is 49.1 Å². The number of carbonyl (C=O) groups is 4. The van der Waals surface area contributed by atoms with Crippen LogP contribution in [-0.4, -0.2) is 53.7 Å². The molecule has 2 aromatic heterocycles. The number of hydrogen-bond donors (Lipinski definition) is 4. The van der Waals surface area contributed by atoms with E-state index in [1.807, 2.05) is 0 Å². The Morgan fingerprint density at radius 3 is 1.19 bits per heavy atom. The van der Waals surface area contributed by atoms with E-state index in [1.54, 1.807) is 0 Å². The highest BCUT2D eigenvalue weighted by atomic mass is 16.6. The number of nitrogens with zero attached hydrogens (tertiary/aromatic N) is 2. The molecule has 26 heavy (non-hydrogen) atoms. The van der Waals surface area contributed by atoms with E-state index in [0.29, 0.717) is 9.13 Å². The monoisotopic (exact) mass is 368 g/mol. The first kappa shape index (κ1) is 18.4. The third-order valence-electron chi connectivity index (χ3n) is 2.98. The lowest BCUT2D eigenvalue weighted by Gasteiger charge is -2.06. The molecule has 0 radical (unpaired) electrons. The Morgan fingerprint density at radius 1 is 0.654 bits per heavy atom. The third-order valence-corrected chi connectivity index (χ3v) is 2.98. The predicted molar refractivity (Wildman–Crippen MR) is 78.5 cm³/mol. The van der Waals surface area contributed by atoms with Gasteiger partial charge in [0.2, 0.25) is 23.5 Å². The molecule has 4 N–H and O–H groups in total. The summed E-state index contributed by atoms with van der Waals surface area (Å²) in [5.74, 6) is -5.07. The lowest BCUT2D eigenvalue weighted by Crippen LogP contribution is -2.21. The van der Waals surface area contributed by atoms with E-state index >= 15 is 0 Å². The molecule has 0 bridgehead atoms. The van der Waals surface area contributed by atoms with Crippen LogP contribution in [-0.2, 0) is 19.1 Å². The molecule has 2 aromatic rings. The van der Waals surface area contributed by atoms with E-state index in [4.69, 9.17) is 0 Å². The summed E-state index contributed by atoms with van der Waals surface area (Å²) in [5.41, 5.74) is 0. The lowest BCUT2D eigenvalue weighted by molar-refractivity contribution is -0.143. The summed E-state index contributed by atoms with van der Waals surface area (Å²) in [4.78, 5) is 46.2. The van der Waals surface area contributed by atoms with Gasteiger partial charge in [0.1, 0.15) is 0 Å². The van der Waals surface area contributed by atoms with Crippen molar-refractivity contribution in [2.24, 2.45) is 0 Å². The number of carbonyl (C=O) groups excluding carboxylic acids is 4. The van der Waals surface area contributed by atoms with Crippen LogP contribution in [0.2, 0.25) is 0 Å². The minimum Gasteiger partial charge on any atom is -0.494 e. The van der Waals surface area contributed by atoms with Crippen LogP contribution in [0.25, 0.3) is 0 Å². The summed E-state index contributed by atoms with van der Waals surface area (Å²) in [6.45, 7) is 0. The zero-order chi connectivity index (χ0) is 19.4. The van der Waals surface area contributed by atoms with Crippen LogP contribution in [0.5, 0.6) is 23.5 Å². The first-order chi connectivity index (χ1) is 12.2. The molecular formula is C14H12N2O10. The van der Waals surface area contributed by atoms with Gasteiger partial charge in [0.05, 0.1) is 12.8 Å². The number of aromatic nitrogens is 2. The molecule has 0 amide bonds. The maximum absolute atomic E-state index is 11.6. The average Bonchev–Trinajstić information content (AvgIpc) is 3.07. The van der Waals surface area contributed by atoms with Gasteiger partial charge < -0.3 is 29.9 Å². The second-order valence-corrected chi connectivity index (χ2v) is 4.75. The smallest absolute Gasteiger partial charge is 0.431 e. The van der Waals surface area contributed by atoms with Gasteiger partial charge in [-0.15, -0.1) is 0 Å². The van der Waals surface area contributed by atoms with Crippen LogP contribution in [0.15, 0.2) is 24.3 Å². The number of aromatic hydroxyl groups is 4. The summed E-state index contributed by atoms with van der Waals surface area (Å²) in [7, 11) is 0. The molecule has 0 unspecified atom stereocenters. The highest BCUT2D eigenvalue weighted by Crippen LogP contribution is 2.22. The van der Waals surface area contributed by atoms with Crippen LogP contribution in [0.3, 0.4) is 0 Å². The number of hydrogen-bond acceptors (Lipinski definition) is 10. The van der Waals surface area contributed by atoms with Gasteiger partial charge in [-0.1, -0.05) is 0 Å². The summed E-state index contributed by atoms with van der Waals surface area (Å²) < 4.78 is 9.22. The largest absolute Gasteiger partial charge is 0.494 e. The molecule has 12 nitrogen and oxygen atoms in total. The normalized spacial score (nSPS) is 10.3. The van der Waals surface area contributed by atoms with Crippen LogP contribution in [0, 0.1) is 0 Å². The van der Waals surface area contributed by atoms with Crippen molar-refractivity contribution in [3.05, 3.63) is 24.3 Å². The summed E-state index contributed by atoms with van der Waals surface area (Å²) in [6.07, 6.45) is -4.13. The maximum Gasteiger partial charge on any atom is 0.431 e. The molecule has 0 saturated heterocycles. The Kier molecular flexibility index (Phi) is 5.15. The predicted octanol–water partition coefficient (Wildman–Crippen LogP) is 0.615. The first-order valence-corrected chi connectivity index (χ1v) is 6.90. The molecule has 0 atom stereocenters. The molecule has 138 valence electrons. The van der Waals surface area contributed by atoms with Crippen LogP contribution in [0.1, 0.15) is 12.8 Å². The lowest BCUT2D eigenvalue weighted by atomic mass is 10.3. The van der Waals surface area contributed by atoms with E-state index in [9.17, 15) is 39.6 Å². The van der Waals surface area contributed by atoms with Crippen molar-refractivity contribution in [1.82, 2.24) is 9.13 Å². The molecule has 0 aliphatic rings. The minimum atomic E-state index is -1.40. The Hall–Kier alpha value is -3.96. The van der Waals surface area contributed by atoms with E-state index < -0.39 is 60.5 Å². The highest BCUT2D eigenvalue weighted by molar-refractivity contribution is 5.91. The zero-order valence-electron chi connectivity index (χ0n) is 12.9. The van der Waals surface area contributed by atoms with Crippen molar-refractivity contribution in [2.45, 2.75) is 12.8 Å². The fraction of sp³-hybridized carbons (Fsp3) is 0.143. The number of rotatable bonds is 3. The van der Waals surface area contributed by atoms with Crippen molar-refractivity contribution in [2.75, 3.05) is 0 Å². The Bertz CT molecular complexity index is 767. The topological polar surface area (TPSA) is 178 Å². The van der Waals surface area contributed by atoms with Crippen molar-refractivity contribution in [1.29, 1.82) is 0 Å². The molecule has 2 rings (SSSR count). The molecule has 0 aliphatic heterocycles. The van der Waals surface area contributed by atoms with Gasteiger partial charge in [0.15, 0.2) is 0 Å². The maximum atomic E-state index is 11.6. The van der Waals surface area contributed by atoms with Gasteiger partial charge in [-0.2, -0.15) is 9.13 Å². The van der Waals surface area contributed by atoms with Crippen LogP contribution in [0.4, 0.5) is 9.59 Å². The van der Waals surface area contributed by atoms with Crippen LogP contribution < -0.4 is 0 Å². The average molecular weight is 368 g/mol. The summed E-state index contributed by atoms with van der Waals surface area (Å²) in [6, 6.07) is 3.93. The Balaban J connectivity index is 1.84. The third kappa shape index (κ3) is 3.92. The standard InChI is InChI=1S/C14H12N2O10/c17-7-1-2-8(18)15(7)13(23)25-11(21)5-6-12(22)26-14(24)16-9(19)3-4-10(16)20/h1-4,17-20H,5-6H2. The van der Waals surface area contributed by atoms with Crippen molar-refractivity contribution >= 4 is 24.1 Å². The van der Waals surface area contributed by atoms with Gasteiger partial charge in [-0.3, -0.25) is 9.59 Å². The van der Waals surface area contributed by atoms with Gasteiger partial charge >= 0.3 is 24.1 Å². The molecule has 0 spiro atoms. The fourth-order valence-corrected chi connectivity index (χ4v) is 1.80. The van der Waals surface area contributed by atoms with Gasteiger partial charge in [-0.05, 0) is 0 Å². The molecule has 0 aromatic carbocycles. The van der Waals surface area contributed by atoms with E-state index in [1.165, 1.54) is 0 Å². The summed E-state index contributed by atoms with van der Waals surface area (Å²) >= 11 is 0. The summed E-state index contributed by atoms with van der Waals surface area (Å²) in [5, 5.41) is 37.2. The molecule has 0 aliphatic carbocycles. The Morgan fingerprint density at radius 2 is 0.923 bits per heavy atom. The second kappa shape index (κ2) is 7.29. The van der Waals surface area contributed by atoms with Gasteiger partial charge in [0.25, 0.3) is 0 Å². The minimum absolute atomic E-state index is 0.303. The Labute approximate surface area is 144 Å². The molecular weight excluding hydrogens is 356 g/mol. The van der Waals surface area contributed by atoms with Crippen molar-refractivity contribution in [3.8, 4) is 23.5 Å². The first-order valence-electron chi connectivity index (χ1n) is 6.90. The molecule has 0 saturated carbocycles. The number of ether oxygens (including phenoxy) is 2. The molecule has 12 heteroatoms. The fourth-order valence-electron chi connectivity index (χ4n) is 1.80. The quantitative estimate of drug-likeness (QED) is 0.443. The van der Waals surface area contributed by atoms with E-state index in [0.717, 1.165) is 24.3 Å². The van der Waals surface area contributed by atoms with Gasteiger partial charge in [-0.25, -0.2) is 9.59 Å². The SMILES string of the molecule is O=C(CCC(=O)OC(=O)n1c(O)ccc1O)OC(=O)n1c(O)ccc1O. The van der Waals surface area contributed by atoms with Crippen molar-refractivity contribution in [3.63, 3.8) is 0 Å². The van der Waals surface area contributed by atoms with Crippen LogP contribution >= 0.6 is 0 Å². The van der Waals surface area contributed by atoms with E-state index in [2.05, 4.69) is 9.47 Å². The van der Waals surface area contributed by atoms with Gasteiger partial charge in [0, 0.05) is 24.3 Å². The zero-order valence-corrected chi connectivity index (χ0v) is 12.9. The van der Waals surface area contributed by atoms with E-state index in [-0.39, 0.29) is 0 Å². The number of esters is 2. The molecule has 0 fully saturated rings. The second-order valence-electron chi connectivity index (χ2n) is 4.75.